The molecule has 4 rings (SSSR count). The summed E-state index contributed by atoms with van der Waals surface area (Å²) in [5.74, 6) is 1.66. The second-order valence-electron chi connectivity index (χ2n) is 5.67. The monoisotopic (exact) mass is 362 g/mol. The molecule has 0 aliphatic carbocycles. The first-order valence-electron chi connectivity index (χ1n) is 8.12. The van der Waals surface area contributed by atoms with Gasteiger partial charge >= 0.3 is 0 Å². The molecule has 6 heteroatoms. The van der Waals surface area contributed by atoms with E-state index in [0.29, 0.717) is 29.1 Å². The number of pyridine rings is 1. The van der Waals surface area contributed by atoms with Gasteiger partial charge in [-0.3, -0.25) is 0 Å². The van der Waals surface area contributed by atoms with Crippen LogP contribution >= 0.6 is 11.6 Å². The van der Waals surface area contributed by atoms with E-state index in [2.05, 4.69) is 20.4 Å². The number of nitrogens with one attached hydrogen (secondary N) is 1. The highest BCUT2D eigenvalue weighted by atomic mass is 35.5. The SMILES string of the molecule is Clc1ccc(CNc2ncccc2-c2nc(-c3ccccc3)no2)cc1. The molecule has 128 valence electrons. The van der Waals surface area contributed by atoms with Crippen molar-refractivity contribution in [3.8, 4) is 22.8 Å². The van der Waals surface area contributed by atoms with Gasteiger partial charge in [0.2, 0.25) is 5.82 Å². The minimum Gasteiger partial charge on any atom is -0.365 e. The summed E-state index contributed by atoms with van der Waals surface area (Å²) in [6.07, 6.45) is 1.72. The quantitative estimate of drug-likeness (QED) is 0.537. The zero-order valence-corrected chi connectivity index (χ0v) is 14.5. The molecule has 0 unspecified atom stereocenters. The molecule has 2 aromatic carbocycles. The number of rotatable bonds is 5. The highest BCUT2D eigenvalue weighted by Crippen LogP contribution is 2.27. The van der Waals surface area contributed by atoms with Crippen LogP contribution in [0.4, 0.5) is 5.82 Å². The maximum Gasteiger partial charge on any atom is 0.261 e. The van der Waals surface area contributed by atoms with Crippen LogP contribution in [0, 0.1) is 0 Å². The van der Waals surface area contributed by atoms with Crippen LogP contribution in [0.2, 0.25) is 5.02 Å². The van der Waals surface area contributed by atoms with Gasteiger partial charge in [-0.05, 0) is 29.8 Å². The second kappa shape index (κ2) is 7.37. The van der Waals surface area contributed by atoms with E-state index < -0.39 is 0 Å². The Bertz CT molecular complexity index is 1000. The van der Waals surface area contributed by atoms with E-state index in [9.17, 15) is 0 Å². The lowest BCUT2D eigenvalue weighted by Gasteiger charge is -2.08. The van der Waals surface area contributed by atoms with Crippen molar-refractivity contribution in [2.45, 2.75) is 6.54 Å². The molecule has 5 nitrogen and oxygen atoms in total. The Labute approximate surface area is 155 Å². The van der Waals surface area contributed by atoms with Gasteiger partial charge in [0.1, 0.15) is 5.82 Å². The van der Waals surface area contributed by atoms with Crippen molar-refractivity contribution in [1.29, 1.82) is 0 Å². The average molecular weight is 363 g/mol. The molecule has 0 saturated carbocycles. The number of aromatic nitrogens is 3. The van der Waals surface area contributed by atoms with Gasteiger partial charge in [-0.25, -0.2) is 4.98 Å². The molecule has 0 aliphatic rings. The molecule has 0 fully saturated rings. The highest BCUT2D eigenvalue weighted by Gasteiger charge is 2.14. The number of hydrogen-bond donors (Lipinski definition) is 1. The summed E-state index contributed by atoms with van der Waals surface area (Å²) in [6, 6.07) is 21.1. The minimum atomic E-state index is 0.426. The van der Waals surface area contributed by atoms with E-state index in [1.807, 2.05) is 66.7 Å². The molecule has 2 heterocycles. The largest absolute Gasteiger partial charge is 0.365 e. The average Bonchev–Trinajstić information content (AvgIpc) is 3.19. The Morgan fingerprint density at radius 3 is 2.54 bits per heavy atom. The minimum absolute atomic E-state index is 0.426. The van der Waals surface area contributed by atoms with Crippen LogP contribution in [-0.2, 0) is 6.54 Å². The van der Waals surface area contributed by atoms with Crippen LogP contribution in [-0.4, -0.2) is 15.1 Å². The van der Waals surface area contributed by atoms with Gasteiger partial charge in [-0.15, -0.1) is 0 Å². The van der Waals surface area contributed by atoms with Gasteiger partial charge in [0.25, 0.3) is 5.89 Å². The van der Waals surface area contributed by atoms with E-state index in [-0.39, 0.29) is 0 Å². The molecule has 26 heavy (non-hydrogen) atoms. The summed E-state index contributed by atoms with van der Waals surface area (Å²) in [6.45, 7) is 0.612. The van der Waals surface area contributed by atoms with Crippen LogP contribution in [0.1, 0.15) is 5.56 Å². The normalized spacial score (nSPS) is 10.7. The predicted molar refractivity (Wildman–Crippen MR) is 102 cm³/mol. The van der Waals surface area contributed by atoms with Crippen molar-refractivity contribution >= 4 is 17.4 Å². The highest BCUT2D eigenvalue weighted by molar-refractivity contribution is 6.30. The predicted octanol–water partition coefficient (Wildman–Crippen LogP) is 5.06. The van der Waals surface area contributed by atoms with Crippen LogP contribution in [0.15, 0.2) is 77.4 Å². The molecule has 0 atom stereocenters. The molecular formula is C20H15ClN4O. The summed E-state index contributed by atoms with van der Waals surface area (Å²) >= 11 is 5.93. The summed E-state index contributed by atoms with van der Waals surface area (Å²) in [7, 11) is 0. The maximum absolute atomic E-state index is 5.93. The number of anilines is 1. The van der Waals surface area contributed by atoms with E-state index in [1.165, 1.54) is 0 Å². The first kappa shape index (κ1) is 16.3. The number of hydrogen-bond acceptors (Lipinski definition) is 5. The standard InChI is InChI=1S/C20H15ClN4O/c21-16-10-8-14(9-11-16)13-23-19-17(7-4-12-22-19)20-24-18(25-26-20)15-5-2-1-3-6-15/h1-12H,13H2,(H,22,23). The van der Waals surface area contributed by atoms with Gasteiger partial charge < -0.3 is 9.84 Å². The first-order chi connectivity index (χ1) is 12.8. The fraction of sp³-hybridized carbons (Fsp3) is 0.0500. The van der Waals surface area contributed by atoms with Crippen molar-refractivity contribution in [2.75, 3.05) is 5.32 Å². The van der Waals surface area contributed by atoms with Gasteiger partial charge in [0.05, 0.1) is 5.56 Å². The second-order valence-corrected chi connectivity index (χ2v) is 6.11. The molecule has 4 aromatic rings. The molecule has 0 aliphatic heterocycles. The Hall–Kier alpha value is -3.18. The van der Waals surface area contributed by atoms with E-state index >= 15 is 0 Å². The summed E-state index contributed by atoms with van der Waals surface area (Å²) in [4.78, 5) is 8.91. The van der Waals surface area contributed by atoms with Gasteiger partial charge in [-0.1, -0.05) is 59.2 Å². The molecule has 0 bridgehead atoms. The molecule has 0 amide bonds. The number of benzene rings is 2. The van der Waals surface area contributed by atoms with Gasteiger partial charge in [-0.2, -0.15) is 4.98 Å². The van der Waals surface area contributed by atoms with Crippen molar-refractivity contribution in [3.05, 3.63) is 83.5 Å². The molecule has 0 radical (unpaired) electrons. The van der Waals surface area contributed by atoms with E-state index in [4.69, 9.17) is 16.1 Å². The Morgan fingerprint density at radius 2 is 1.73 bits per heavy atom. The van der Waals surface area contributed by atoms with Gasteiger partial charge in [0, 0.05) is 23.3 Å². The molecule has 0 spiro atoms. The molecule has 0 saturated heterocycles. The van der Waals surface area contributed by atoms with Crippen LogP contribution < -0.4 is 5.32 Å². The fourth-order valence-electron chi connectivity index (χ4n) is 2.54. The Balaban J connectivity index is 1.58. The maximum atomic E-state index is 5.93. The fourth-order valence-corrected chi connectivity index (χ4v) is 2.67. The van der Waals surface area contributed by atoms with Crippen LogP contribution in [0.3, 0.4) is 0 Å². The number of halogens is 1. The lowest BCUT2D eigenvalue weighted by atomic mass is 10.2. The third-order valence-electron chi connectivity index (χ3n) is 3.87. The lowest BCUT2D eigenvalue weighted by molar-refractivity contribution is 0.432. The summed E-state index contributed by atoms with van der Waals surface area (Å²) in [5.41, 5.74) is 2.76. The lowest BCUT2D eigenvalue weighted by Crippen LogP contribution is -2.02. The summed E-state index contributed by atoms with van der Waals surface area (Å²) in [5, 5.41) is 8.10. The molecular weight excluding hydrogens is 348 g/mol. The first-order valence-corrected chi connectivity index (χ1v) is 8.50. The van der Waals surface area contributed by atoms with Crippen molar-refractivity contribution in [2.24, 2.45) is 0 Å². The van der Waals surface area contributed by atoms with Crippen LogP contribution in [0.5, 0.6) is 0 Å². The Kier molecular flexibility index (Phi) is 4.62. The van der Waals surface area contributed by atoms with Crippen molar-refractivity contribution in [1.82, 2.24) is 15.1 Å². The third-order valence-corrected chi connectivity index (χ3v) is 4.12. The van der Waals surface area contributed by atoms with Crippen molar-refractivity contribution < 1.29 is 4.52 Å². The zero-order chi connectivity index (χ0) is 17.8. The molecule has 2 aromatic heterocycles. The van der Waals surface area contributed by atoms with E-state index in [1.54, 1.807) is 6.20 Å². The topological polar surface area (TPSA) is 63.8 Å². The van der Waals surface area contributed by atoms with E-state index in [0.717, 1.165) is 16.7 Å². The van der Waals surface area contributed by atoms with Gasteiger partial charge in [0.15, 0.2) is 0 Å². The van der Waals surface area contributed by atoms with Crippen LogP contribution in [0.25, 0.3) is 22.8 Å². The summed E-state index contributed by atoms with van der Waals surface area (Å²) < 4.78 is 5.45. The zero-order valence-electron chi connectivity index (χ0n) is 13.8. The smallest absolute Gasteiger partial charge is 0.261 e. The third kappa shape index (κ3) is 3.58. The molecule has 1 N–H and O–H groups in total. The van der Waals surface area contributed by atoms with Crippen molar-refractivity contribution in [3.63, 3.8) is 0 Å². The Morgan fingerprint density at radius 1 is 0.923 bits per heavy atom. The number of nitrogens with zero attached hydrogens (tertiary/aromatic N) is 3.